The highest BCUT2D eigenvalue weighted by Gasteiger charge is 2.15. The summed E-state index contributed by atoms with van der Waals surface area (Å²) in [7, 11) is 0. The maximum absolute atomic E-state index is 10.8. The summed E-state index contributed by atoms with van der Waals surface area (Å²) < 4.78 is 0. The van der Waals surface area contributed by atoms with Gasteiger partial charge in [0.05, 0.1) is 0 Å². The molecule has 0 unspecified atom stereocenters. The van der Waals surface area contributed by atoms with Gasteiger partial charge in [0.25, 0.3) is 0 Å². The molecule has 15 heavy (non-hydrogen) atoms. The van der Waals surface area contributed by atoms with Crippen molar-refractivity contribution in [2.24, 2.45) is 0 Å². The van der Waals surface area contributed by atoms with Crippen molar-refractivity contribution >= 4 is 5.69 Å². The molecule has 0 heterocycles. The van der Waals surface area contributed by atoms with E-state index >= 15 is 0 Å². The van der Waals surface area contributed by atoms with Gasteiger partial charge in [0.15, 0.2) is 5.03 Å². The first kappa shape index (κ1) is 11.2. The van der Waals surface area contributed by atoms with Crippen LogP contribution in [0.5, 0.6) is 0 Å². The Balaban J connectivity index is 3.06. The number of hydrogen-bond acceptors (Lipinski definition) is 2. The minimum atomic E-state index is -0.425. The number of aryl methyl sites for hydroxylation is 2. The Bertz CT molecular complexity index is 388. The summed E-state index contributed by atoms with van der Waals surface area (Å²) in [5.74, 6) is 0. The molecule has 80 valence electrons. The normalized spacial score (nSPS) is 9.73. The van der Waals surface area contributed by atoms with E-state index in [1.807, 2.05) is 26.0 Å². The smallest absolute Gasteiger partial charge is 0.165 e. The quantitative estimate of drug-likeness (QED) is 0.432. The molecule has 0 aliphatic carbocycles. The first-order valence-electron chi connectivity index (χ1n) is 4.66. The maximum atomic E-state index is 10.8. The van der Waals surface area contributed by atoms with Crippen LogP contribution in [-0.2, 0) is 0 Å². The Kier molecular flexibility index (Phi) is 3.44. The van der Waals surface area contributed by atoms with E-state index in [0.29, 0.717) is 5.69 Å². The number of nitrogens with zero attached hydrogens (tertiary/aromatic N) is 2. The molecule has 4 heteroatoms. The predicted molar refractivity (Wildman–Crippen MR) is 60.5 cm³/mol. The van der Waals surface area contributed by atoms with Gasteiger partial charge >= 0.3 is 0 Å². The number of benzene rings is 1. The van der Waals surface area contributed by atoms with Crippen LogP contribution in [0, 0.1) is 24.0 Å². The molecule has 0 bridgehead atoms. The van der Waals surface area contributed by atoms with Crippen LogP contribution >= 0.6 is 0 Å². The van der Waals surface area contributed by atoms with E-state index in [0.717, 1.165) is 16.1 Å². The monoisotopic (exact) mass is 206 g/mol. The minimum absolute atomic E-state index is 0.204. The fourth-order valence-electron chi connectivity index (χ4n) is 1.27. The number of anilines is 1. The summed E-state index contributed by atoms with van der Waals surface area (Å²) in [6, 6.07) is 5.43. The summed E-state index contributed by atoms with van der Waals surface area (Å²) in [6.45, 7) is 7.62. The van der Waals surface area contributed by atoms with Gasteiger partial charge in [-0.15, -0.1) is 6.58 Å². The molecule has 1 rings (SSSR count). The molecule has 0 saturated carbocycles. The highest BCUT2D eigenvalue weighted by molar-refractivity contribution is 5.48. The molecular weight excluding hydrogens is 192 g/mol. The SMILES string of the molecule is C=CCN(c1ccc(C)c(C)c1)[N+](=O)[O-]. The lowest BCUT2D eigenvalue weighted by Crippen LogP contribution is -2.29. The third kappa shape index (κ3) is 2.56. The van der Waals surface area contributed by atoms with E-state index in [1.54, 1.807) is 6.07 Å². The van der Waals surface area contributed by atoms with Gasteiger partial charge in [-0.1, -0.05) is 17.2 Å². The number of hydrogen-bond donors (Lipinski definition) is 0. The topological polar surface area (TPSA) is 46.4 Å². The number of hydrazine groups is 1. The van der Waals surface area contributed by atoms with E-state index in [-0.39, 0.29) is 6.54 Å². The van der Waals surface area contributed by atoms with Gasteiger partial charge in [-0.2, -0.15) is 0 Å². The zero-order chi connectivity index (χ0) is 11.4. The molecule has 0 aliphatic heterocycles. The van der Waals surface area contributed by atoms with Gasteiger partial charge in [0, 0.05) is 0 Å². The molecule has 0 spiro atoms. The fraction of sp³-hybridized carbons (Fsp3) is 0.273. The zero-order valence-electron chi connectivity index (χ0n) is 8.93. The lowest BCUT2D eigenvalue weighted by molar-refractivity contribution is -0.493. The minimum Gasteiger partial charge on any atom is -0.234 e. The maximum Gasteiger partial charge on any atom is 0.165 e. The molecule has 0 saturated heterocycles. The van der Waals surface area contributed by atoms with Crippen LogP contribution in [0.4, 0.5) is 5.69 Å². The van der Waals surface area contributed by atoms with Crippen molar-refractivity contribution in [1.29, 1.82) is 0 Å². The van der Waals surface area contributed by atoms with Crippen molar-refractivity contribution < 1.29 is 5.03 Å². The van der Waals surface area contributed by atoms with E-state index in [4.69, 9.17) is 0 Å². The fourth-order valence-corrected chi connectivity index (χ4v) is 1.27. The van der Waals surface area contributed by atoms with Crippen LogP contribution in [0.1, 0.15) is 11.1 Å². The molecular formula is C11H14N2O2. The average molecular weight is 206 g/mol. The summed E-state index contributed by atoms with van der Waals surface area (Å²) in [5.41, 5.74) is 2.76. The molecule has 1 aromatic rings. The van der Waals surface area contributed by atoms with Crippen LogP contribution < -0.4 is 5.01 Å². The second kappa shape index (κ2) is 4.59. The highest BCUT2D eigenvalue weighted by atomic mass is 16.7. The standard InChI is InChI=1S/C11H14N2O2/c1-4-7-12(13(14)15)11-6-5-9(2)10(3)8-11/h4-6,8H,1,7H2,2-3H3. The number of nitro groups is 1. The second-order valence-corrected chi connectivity index (χ2v) is 3.38. The van der Waals surface area contributed by atoms with Crippen LogP contribution in [0.15, 0.2) is 30.9 Å². The third-order valence-electron chi connectivity index (χ3n) is 2.29. The molecule has 1 aromatic carbocycles. The van der Waals surface area contributed by atoms with Crippen molar-refractivity contribution in [1.82, 2.24) is 0 Å². The Morgan fingerprint density at radius 2 is 2.13 bits per heavy atom. The van der Waals surface area contributed by atoms with Gasteiger partial charge in [-0.3, -0.25) is 0 Å². The summed E-state index contributed by atoms with van der Waals surface area (Å²) in [4.78, 5) is 10.8. The Morgan fingerprint density at radius 1 is 1.47 bits per heavy atom. The molecule has 0 radical (unpaired) electrons. The Morgan fingerprint density at radius 3 is 2.60 bits per heavy atom. The molecule has 0 atom stereocenters. The zero-order valence-corrected chi connectivity index (χ0v) is 8.93. The van der Waals surface area contributed by atoms with E-state index in [2.05, 4.69) is 6.58 Å². The number of rotatable bonds is 4. The summed E-state index contributed by atoms with van der Waals surface area (Å²) in [6.07, 6.45) is 1.51. The van der Waals surface area contributed by atoms with Crippen molar-refractivity contribution in [2.45, 2.75) is 13.8 Å². The first-order chi connectivity index (χ1) is 7.06. The molecule has 0 aliphatic rings. The lowest BCUT2D eigenvalue weighted by Gasteiger charge is -2.13. The first-order valence-corrected chi connectivity index (χ1v) is 4.66. The van der Waals surface area contributed by atoms with Gasteiger partial charge in [0.2, 0.25) is 0 Å². The molecule has 0 fully saturated rings. The van der Waals surface area contributed by atoms with Crippen molar-refractivity contribution in [3.05, 3.63) is 52.1 Å². The Hall–Kier alpha value is -1.84. The molecule has 0 N–H and O–H groups in total. The van der Waals surface area contributed by atoms with Crippen LogP contribution in [0.2, 0.25) is 0 Å². The lowest BCUT2D eigenvalue weighted by atomic mass is 10.1. The third-order valence-corrected chi connectivity index (χ3v) is 2.29. The second-order valence-electron chi connectivity index (χ2n) is 3.38. The van der Waals surface area contributed by atoms with Crippen LogP contribution in [-0.4, -0.2) is 11.6 Å². The van der Waals surface area contributed by atoms with Gasteiger partial charge < -0.3 is 0 Å². The molecule has 0 amide bonds. The van der Waals surface area contributed by atoms with E-state index in [1.165, 1.54) is 6.08 Å². The summed E-state index contributed by atoms with van der Waals surface area (Å²) >= 11 is 0. The Labute approximate surface area is 88.9 Å². The highest BCUT2D eigenvalue weighted by Crippen LogP contribution is 2.18. The summed E-state index contributed by atoms with van der Waals surface area (Å²) in [5, 5.41) is 11.4. The largest absolute Gasteiger partial charge is 0.234 e. The van der Waals surface area contributed by atoms with Crippen LogP contribution in [0.3, 0.4) is 0 Å². The van der Waals surface area contributed by atoms with Crippen LogP contribution in [0.25, 0.3) is 0 Å². The van der Waals surface area contributed by atoms with Gasteiger partial charge in [-0.25, -0.2) is 10.1 Å². The van der Waals surface area contributed by atoms with E-state index < -0.39 is 5.03 Å². The average Bonchev–Trinajstić information content (AvgIpc) is 2.18. The van der Waals surface area contributed by atoms with Gasteiger partial charge in [-0.05, 0) is 37.1 Å². The molecule has 4 nitrogen and oxygen atoms in total. The van der Waals surface area contributed by atoms with Crippen molar-refractivity contribution in [3.8, 4) is 0 Å². The predicted octanol–water partition coefficient (Wildman–Crippen LogP) is 2.49. The van der Waals surface area contributed by atoms with E-state index in [9.17, 15) is 10.1 Å². The molecule has 0 aromatic heterocycles. The van der Waals surface area contributed by atoms with Crippen molar-refractivity contribution in [3.63, 3.8) is 0 Å². The van der Waals surface area contributed by atoms with Gasteiger partial charge in [0.1, 0.15) is 12.2 Å². The van der Waals surface area contributed by atoms with Crippen molar-refractivity contribution in [2.75, 3.05) is 11.6 Å².